The van der Waals surface area contributed by atoms with Crippen LogP contribution in [0, 0.1) is 11.3 Å². The quantitative estimate of drug-likeness (QED) is 0.812. The molecule has 0 amide bonds. The number of ether oxygens (including phenoxy) is 1. The van der Waals surface area contributed by atoms with Crippen molar-refractivity contribution in [2.75, 3.05) is 7.11 Å². The molecule has 1 aromatic rings. The number of methoxy groups -OCH3 is 1. The average Bonchev–Trinajstić information content (AvgIpc) is 2.34. The summed E-state index contributed by atoms with van der Waals surface area (Å²) in [5.41, 5.74) is -0.204. The summed E-state index contributed by atoms with van der Waals surface area (Å²) in [6.07, 6.45) is -3.55. The van der Waals surface area contributed by atoms with Crippen LogP contribution in [0.25, 0.3) is 0 Å². The molecule has 1 unspecified atom stereocenters. The van der Waals surface area contributed by atoms with Crippen molar-refractivity contribution in [1.82, 2.24) is 0 Å². The molecule has 0 aliphatic carbocycles. The van der Waals surface area contributed by atoms with Crippen LogP contribution in [0.3, 0.4) is 0 Å². The lowest BCUT2D eigenvalue weighted by Crippen LogP contribution is -2.07. The zero-order valence-electron chi connectivity index (χ0n) is 10.2. The number of halogens is 3. The molecule has 0 aliphatic heterocycles. The standard InChI is InChI=1S/C13H14F3NO/c1-9(4-3-7-17)11-8-10(13(14,15)16)5-6-12(11)18-2/h5-6,8-9H,3-4H2,1-2H3. The molecule has 0 saturated carbocycles. The maximum absolute atomic E-state index is 12.6. The van der Waals surface area contributed by atoms with E-state index in [1.54, 1.807) is 6.92 Å². The Balaban J connectivity index is 3.10. The highest BCUT2D eigenvalue weighted by atomic mass is 19.4. The first-order valence-corrected chi connectivity index (χ1v) is 5.52. The molecule has 1 rings (SSSR count). The third-order valence-electron chi connectivity index (χ3n) is 2.78. The third-order valence-corrected chi connectivity index (χ3v) is 2.78. The van der Waals surface area contributed by atoms with E-state index in [9.17, 15) is 13.2 Å². The van der Waals surface area contributed by atoms with E-state index in [1.807, 2.05) is 6.07 Å². The Morgan fingerprint density at radius 2 is 2.06 bits per heavy atom. The molecule has 0 fully saturated rings. The van der Waals surface area contributed by atoms with Crippen molar-refractivity contribution < 1.29 is 17.9 Å². The molecule has 18 heavy (non-hydrogen) atoms. The predicted octanol–water partition coefficient (Wildman–Crippen LogP) is 4.12. The number of benzene rings is 1. The molecule has 0 bridgehead atoms. The lowest BCUT2D eigenvalue weighted by atomic mass is 9.94. The Bertz CT molecular complexity index is 449. The monoisotopic (exact) mass is 257 g/mol. The van der Waals surface area contributed by atoms with Gasteiger partial charge in [-0.3, -0.25) is 0 Å². The highest BCUT2D eigenvalue weighted by molar-refractivity contribution is 5.40. The average molecular weight is 257 g/mol. The van der Waals surface area contributed by atoms with E-state index in [2.05, 4.69) is 0 Å². The number of alkyl halides is 3. The largest absolute Gasteiger partial charge is 0.496 e. The second kappa shape index (κ2) is 5.76. The summed E-state index contributed by atoms with van der Waals surface area (Å²) in [6, 6.07) is 5.41. The van der Waals surface area contributed by atoms with Crippen LogP contribution >= 0.6 is 0 Å². The van der Waals surface area contributed by atoms with E-state index in [1.165, 1.54) is 13.2 Å². The van der Waals surface area contributed by atoms with Crippen molar-refractivity contribution >= 4 is 0 Å². The maximum atomic E-state index is 12.6. The number of hydrogen-bond acceptors (Lipinski definition) is 2. The summed E-state index contributed by atoms with van der Waals surface area (Å²) in [6.45, 7) is 1.79. The Labute approximate surface area is 104 Å². The van der Waals surface area contributed by atoms with Crippen molar-refractivity contribution in [3.63, 3.8) is 0 Å². The van der Waals surface area contributed by atoms with Gasteiger partial charge in [0, 0.05) is 6.42 Å². The van der Waals surface area contributed by atoms with Crippen molar-refractivity contribution in [1.29, 1.82) is 5.26 Å². The molecule has 2 nitrogen and oxygen atoms in total. The van der Waals surface area contributed by atoms with Gasteiger partial charge in [-0.25, -0.2) is 0 Å². The van der Waals surface area contributed by atoms with Gasteiger partial charge in [-0.2, -0.15) is 18.4 Å². The highest BCUT2D eigenvalue weighted by Crippen LogP contribution is 2.36. The second-order valence-corrected chi connectivity index (χ2v) is 4.05. The summed E-state index contributed by atoms with van der Waals surface area (Å²) < 4.78 is 42.9. The van der Waals surface area contributed by atoms with Gasteiger partial charge in [0.25, 0.3) is 0 Å². The van der Waals surface area contributed by atoms with E-state index in [-0.39, 0.29) is 5.92 Å². The fraction of sp³-hybridized carbons (Fsp3) is 0.462. The Kier molecular flexibility index (Phi) is 4.60. The molecule has 0 spiro atoms. The fourth-order valence-corrected chi connectivity index (χ4v) is 1.73. The summed E-state index contributed by atoms with van der Waals surface area (Å²) in [4.78, 5) is 0. The van der Waals surface area contributed by atoms with Crippen LogP contribution in [0.1, 0.15) is 36.8 Å². The highest BCUT2D eigenvalue weighted by Gasteiger charge is 2.31. The number of hydrogen-bond donors (Lipinski definition) is 0. The summed E-state index contributed by atoms with van der Waals surface area (Å²) in [7, 11) is 1.42. The minimum atomic E-state index is -4.37. The molecule has 0 aromatic heterocycles. The van der Waals surface area contributed by atoms with E-state index in [0.717, 1.165) is 12.1 Å². The third kappa shape index (κ3) is 3.39. The van der Waals surface area contributed by atoms with Crippen LogP contribution in [-0.2, 0) is 6.18 Å². The van der Waals surface area contributed by atoms with Gasteiger partial charge in [0.2, 0.25) is 0 Å². The SMILES string of the molecule is COc1ccc(C(F)(F)F)cc1C(C)CCC#N. The van der Waals surface area contributed by atoms with Gasteiger partial charge in [-0.15, -0.1) is 0 Å². The second-order valence-electron chi connectivity index (χ2n) is 4.05. The first kappa shape index (κ1) is 14.4. The molecule has 0 N–H and O–H groups in total. The smallest absolute Gasteiger partial charge is 0.416 e. The van der Waals surface area contributed by atoms with Crippen molar-refractivity contribution in [3.05, 3.63) is 29.3 Å². The molecule has 0 saturated heterocycles. The normalized spacial score (nSPS) is 12.9. The molecule has 0 radical (unpaired) electrons. The van der Waals surface area contributed by atoms with Crippen LogP contribution in [0.5, 0.6) is 5.75 Å². The van der Waals surface area contributed by atoms with Gasteiger partial charge in [0.05, 0.1) is 18.7 Å². The van der Waals surface area contributed by atoms with E-state index < -0.39 is 11.7 Å². The van der Waals surface area contributed by atoms with Gasteiger partial charge < -0.3 is 4.74 Å². The van der Waals surface area contributed by atoms with Gasteiger partial charge in [-0.05, 0) is 36.1 Å². The minimum Gasteiger partial charge on any atom is -0.496 e. The zero-order valence-corrected chi connectivity index (χ0v) is 10.2. The number of nitriles is 1. The Morgan fingerprint density at radius 3 is 2.56 bits per heavy atom. The van der Waals surface area contributed by atoms with Crippen LogP contribution in [-0.4, -0.2) is 7.11 Å². The van der Waals surface area contributed by atoms with Crippen LogP contribution in [0.4, 0.5) is 13.2 Å². The molecule has 5 heteroatoms. The summed E-state index contributed by atoms with van der Waals surface area (Å²) in [5, 5.41) is 8.51. The number of nitrogens with zero attached hydrogens (tertiary/aromatic N) is 1. The van der Waals surface area contributed by atoms with E-state index in [0.29, 0.717) is 24.2 Å². The van der Waals surface area contributed by atoms with Crippen molar-refractivity contribution in [2.45, 2.75) is 31.9 Å². The maximum Gasteiger partial charge on any atom is 0.416 e. The first-order chi connectivity index (χ1) is 8.40. The van der Waals surface area contributed by atoms with Gasteiger partial charge in [0.15, 0.2) is 0 Å². The molecule has 0 heterocycles. The fourth-order valence-electron chi connectivity index (χ4n) is 1.73. The van der Waals surface area contributed by atoms with E-state index >= 15 is 0 Å². The lowest BCUT2D eigenvalue weighted by molar-refractivity contribution is -0.137. The van der Waals surface area contributed by atoms with Gasteiger partial charge in [-0.1, -0.05) is 6.92 Å². The van der Waals surface area contributed by atoms with Crippen molar-refractivity contribution in [2.24, 2.45) is 0 Å². The summed E-state index contributed by atoms with van der Waals surface area (Å²) >= 11 is 0. The van der Waals surface area contributed by atoms with Crippen LogP contribution in [0.15, 0.2) is 18.2 Å². The zero-order chi connectivity index (χ0) is 13.8. The molecule has 98 valence electrons. The molecule has 1 aromatic carbocycles. The minimum absolute atomic E-state index is 0.151. The van der Waals surface area contributed by atoms with Crippen LogP contribution < -0.4 is 4.74 Å². The predicted molar refractivity (Wildman–Crippen MR) is 61.3 cm³/mol. The molecular weight excluding hydrogens is 243 g/mol. The Hall–Kier alpha value is -1.70. The Morgan fingerprint density at radius 1 is 1.39 bits per heavy atom. The topological polar surface area (TPSA) is 33.0 Å². The van der Waals surface area contributed by atoms with Crippen LogP contribution in [0.2, 0.25) is 0 Å². The van der Waals surface area contributed by atoms with Gasteiger partial charge >= 0.3 is 6.18 Å². The van der Waals surface area contributed by atoms with Gasteiger partial charge in [0.1, 0.15) is 5.75 Å². The van der Waals surface area contributed by atoms with E-state index in [4.69, 9.17) is 10.00 Å². The van der Waals surface area contributed by atoms with Crippen molar-refractivity contribution in [3.8, 4) is 11.8 Å². The molecule has 1 atom stereocenters. The lowest BCUT2D eigenvalue weighted by Gasteiger charge is -2.17. The number of rotatable bonds is 4. The summed E-state index contributed by atoms with van der Waals surface area (Å²) in [5.74, 6) is 0.273. The molecular formula is C13H14F3NO. The molecule has 0 aliphatic rings. The first-order valence-electron chi connectivity index (χ1n) is 5.52.